The van der Waals surface area contributed by atoms with Crippen LogP contribution in [-0.4, -0.2) is 137 Å². The van der Waals surface area contributed by atoms with E-state index in [1.54, 1.807) is 46.3 Å². The van der Waals surface area contributed by atoms with Crippen molar-refractivity contribution in [3.63, 3.8) is 0 Å². The van der Waals surface area contributed by atoms with Crippen LogP contribution in [0.15, 0.2) is 104 Å². The first kappa shape index (κ1) is 59.6. The highest BCUT2D eigenvalue weighted by molar-refractivity contribution is 7.44. The molecule has 6 rings (SSSR count). The van der Waals surface area contributed by atoms with Crippen molar-refractivity contribution in [2.75, 3.05) is 48.2 Å². The van der Waals surface area contributed by atoms with Crippen LogP contribution < -0.4 is 20.1 Å². The van der Waals surface area contributed by atoms with Crippen LogP contribution in [-0.2, 0) is 62.2 Å². The van der Waals surface area contributed by atoms with E-state index in [4.69, 9.17) is 51.7 Å². The van der Waals surface area contributed by atoms with Crippen LogP contribution in [0.5, 0.6) is 11.5 Å². The summed E-state index contributed by atoms with van der Waals surface area (Å²) in [6.07, 6.45) is -1.17. The Hall–Kier alpha value is -5.63. The SMILES string of the molecule is C=C1NC(=O)C=CN1[C@@H]1O[C@H](COC(c2ccccc2)(c2ccc(OC)cc2)c2ccc(OC)cc2)C(OP(OCCCCCCNC(=O)OC2OC(C(=O)OC)C(C)C(C)C2OC(C)=O)N(C(C)C)C(C)C)[C@@H]1OC. The number of nitrogens with one attached hydrogen (secondary N) is 2. The zero-order valence-corrected chi connectivity index (χ0v) is 46.5. The maximum absolute atomic E-state index is 13.0. The van der Waals surface area contributed by atoms with Crippen molar-refractivity contribution in [1.82, 2.24) is 20.2 Å². The van der Waals surface area contributed by atoms with Crippen molar-refractivity contribution in [3.05, 3.63) is 120 Å². The number of benzene rings is 3. The molecule has 76 heavy (non-hydrogen) atoms. The van der Waals surface area contributed by atoms with Gasteiger partial charge in [-0.3, -0.25) is 9.59 Å². The number of carbonyl (C=O) groups is 4. The summed E-state index contributed by atoms with van der Waals surface area (Å²) in [5, 5.41) is 5.54. The van der Waals surface area contributed by atoms with Crippen molar-refractivity contribution in [3.8, 4) is 11.5 Å². The molecule has 2 N–H and O–H groups in total. The van der Waals surface area contributed by atoms with E-state index in [0.717, 1.165) is 29.5 Å². The Balaban J connectivity index is 1.19. The highest BCUT2D eigenvalue weighted by Gasteiger charge is 2.53. The Labute approximate surface area is 448 Å². The number of amides is 2. The first-order chi connectivity index (χ1) is 36.5. The summed E-state index contributed by atoms with van der Waals surface area (Å²) in [7, 11) is 4.35. The lowest BCUT2D eigenvalue weighted by atomic mass is 9.80. The minimum atomic E-state index is -1.76. The highest BCUT2D eigenvalue weighted by atomic mass is 31.2. The molecule has 2 amide bonds. The fourth-order valence-electron chi connectivity index (χ4n) is 9.74. The molecule has 7 unspecified atom stereocenters. The predicted molar refractivity (Wildman–Crippen MR) is 283 cm³/mol. The minimum absolute atomic E-state index is 0.00523. The number of unbranched alkanes of at least 4 members (excludes halogenated alkanes) is 3. The molecule has 0 saturated carbocycles. The topological polar surface area (TPSA) is 200 Å². The second-order valence-corrected chi connectivity index (χ2v) is 20.8. The molecule has 3 aliphatic rings. The molecule has 3 heterocycles. The van der Waals surface area contributed by atoms with Gasteiger partial charge in [0.15, 0.2) is 18.4 Å². The van der Waals surface area contributed by atoms with Gasteiger partial charge in [0.25, 0.3) is 14.4 Å². The minimum Gasteiger partial charge on any atom is -0.497 e. The highest BCUT2D eigenvalue weighted by Crippen LogP contribution is 2.51. The quantitative estimate of drug-likeness (QED) is 0.0255. The van der Waals surface area contributed by atoms with E-state index in [0.29, 0.717) is 43.3 Å². The molecule has 3 aromatic rings. The molecule has 3 aliphatic heterocycles. The molecule has 0 aromatic heterocycles. The number of rotatable bonds is 26. The van der Waals surface area contributed by atoms with Crippen LogP contribution in [0.3, 0.4) is 0 Å². The summed E-state index contributed by atoms with van der Waals surface area (Å²) < 4.78 is 69.9. The van der Waals surface area contributed by atoms with Crippen LogP contribution in [0.25, 0.3) is 0 Å². The fourth-order valence-corrected chi connectivity index (χ4v) is 11.6. The number of carbonyl (C=O) groups excluding carboxylic acids is 4. The summed E-state index contributed by atoms with van der Waals surface area (Å²) >= 11 is 0. The molecular weight excluding hydrogens is 1000 g/mol. The molecule has 2 saturated heterocycles. The van der Waals surface area contributed by atoms with Gasteiger partial charge in [-0.15, -0.1) is 0 Å². The van der Waals surface area contributed by atoms with Gasteiger partial charge in [0.05, 0.1) is 34.5 Å². The van der Waals surface area contributed by atoms with E-state index in [2.05, 4.69) is 49.6 Å². The molecule has 19 nitrogen and oxygen atoms in total. The number of hydrogen-bond donors (Lipinski definition) is 2. The number of hydrogen-bond acceptors (Lipinski definition) is 17. The van der Waals surface area contributed by atoms with Gasteiger partial charge in [-0.05, 0) is 87.4 Å². The van der Waals surface area contributed by atoms with E-state index >= 15 is 0 Å². The van der Waals surface area contributed by atoms with Gasteiger partial charge in [-0.25, -0.2) is 14.3 Å². The maximum atomic E-state index is 13.0. The number of esters is 2. The number of alkyl carbamates (subject to hydrolysis) is 1. The Morgan fingerprint density at radius 2 is 1.39 bits per heavy atom. The molecule has 10 atom stereocenters. The number of nitrogens with zero attached hydrogens (tertiary/aromatic N) is 2. The summed E-state index contributed by atoms with van der Waals surface area (Å²) in [6, 6.07) is 25.6. The van der Waals surface area contributed by atoms with E-state index in [9.17, 15) is 19.2 Å². The lowest BCUT2D eigenvalue weighted by molar-refractivity contribution is -0.256. The molecule has 3 aromatic carbocycles. The first-order valence-corrected chi connectivity index (χ1v) is 27.0. The second-order valence-electron chi connectivity index (χ2n) is 19.4. The standard InChI is InChI=1S/C56H77N4O15P/c1-35(2)60(36(3)4)76(70-33-19-14-13-18-31-57-55(64)74-54-49(71-40(8)61)38(6)37(5)48(73-54)53(63)68-12)75-50-46(72-52(51(50)67-11)59-32-30-47(62)58-39(59)7)34-69-56(41-20-16-15-17-21-41,42-22-26-44(65-9)27-23-42)43-24-28-45(66-10)29-25-43/h15-17,20-30,32,35-38,46,48-52,54H,7,13-14,18-19,31,33-34H2,1-6,8-12H3,(H,57,64)(H,58,62)/t37?,38?,46-,48?,49?,50?,51+,52-,54?,76?/m1/s1. The molecular formula is C56H77N4O15P. The number of methoxy groups -OCH3 is 4. The average Bonchev–Trinajstić information content (AvgIpc) is 3.76. The van der Waals surface area contributed by atoms with Crippen molar-refractivity contribution < 1.29 is 70.9 Å². The fraction of sp³-hybridized carbons (Fsp3) is 0.536. The Kier molecular flexibility index (Phi) is 22.1. The summed E-state index contributed by atoms with van der Waals surface area (Å²) in [5.41, 5.74) is 1.36. The van der Waals surface area contributed by atoms with E-state index in [1.807, 2.05) is 78.9 Å². The van der Waals surface area contributed by atoms with Gasteiger partial charge >= 0.3 is 18.0 Å². The molecule has 0 bridgehead atoms. The van der Waals surface area contributed by atoms with Gasteiger partial charge in [0, 0.05) is 50.9 Å². The molecule has 0 radical (unpaired) electrons. The third-order valence-electron chi connectivity index (χ3n) is 13.8. The predicted octanol–water partition coefficient (Wildman–Crippen LogP) is 8.30. The van der Waals surface area contributed by atoms with Gasteiger partial charge < -0.3 is 67.2 Å². The third-order valence-corrected chi connectivity index (χ3v) is 15.9. The van der Waals surface area contributed by atoms with Crippen LogP contribution in [0.2, 0.25) is 0 Å². The Morgan fingerprint density at radius 3 is 1.95 bits per heavy atom. The van der Waals surface area contributed by atoms with Crippen LogP contribution >= 0.6 is 8.53 Å². The normalized spacial score (nSPS) is 24.1. The largest absolute Gasteiger partial charge is 0.497 e. The van der Waals surface area contributed by atoms with E-state index in [1.165, 1.54) is 20.1 Å². The summed E-state index contributed by atoms with van der Waals surface area (Å²) in [5.74, 6) is -0.531. The van der Waals surface area contributed by atoms with E-state index in [-0.39, 0.29) is 36.4 Å². The van der Waals surface area contributed by atoms with Crippen molar-refractivity contribution in [2.45, 2.75) is 135 Å². The summed E-state index contributed by atoms with van der Waals surface area (Å²) in [4.78, 5) is 51.6. The van der Waals surface area contributed by atoms with Gasteiger partial charge in [-0.2, -0.15) is 0 Å². The monoisotopic (exact) mass is 1080 g/mol. The van der Waals surface area contributed by atoms with Crippen molar-refractivity contribution in [1.29, 1.82) is 0 Å². The number of ether oxygens (including phenoxy) is 9. The van der Waals surface area contributed by atoms with Gasteiger partial charge in [0.1, 0.15) is 41.2 Å². The van der Waals surface area contributed by atoms with Crippen molar-refractivity contribution in [2.24, 2.45) is 11.8 Å². The van der Waals surface area contributed by atoms with Crippen LogP contribution in [0.4, 0.5) is 4.79 Å². The second kappa shape index (κ2) is 28.1. The van der Waals surface area contributed by atoms with Gasteiger partial charge in [-0.1, -0.05) is 87.9 Å². The van der Waals surface area contributed by atoms with Crippen molar-refractivity contribution >= 4 is 32.5 Å². The molecule has 20 heteroatoms. The van der Waals surface area contributed by atoms with E-state index < -0.39 is 75.2 Å². The lowest BCUT2D eigenvalue weighted by Crippen LogP contribution is -2.55. The Morgan fingerprint density at radius 1 is 0.789 bits per heavy atom. The molecule has 2 fully saturated rings. The maximum Gasteiger partial charge on any atom is 0.409 e. The van der Waals surface area contributed by atoms with Crippen LogP contribution in [0.1, 0.15) is 90.8 Å². The van der Waals surface area contributed by atoms with Crippen LogP contribution in [0, 0.1) is 11.8 Å². The average molecular weight is 1080 g/mol. The molecule has 0 spiro atoms. The molecule has 416 valence electrons. The zero-order chi connectivity index (χ0) is 55.1. The smallest absolute Gasteiger partial charge is 0.409 e. The first-order valence-electron chi connectivity index (χ1n) is 25.8. The molecule has 0 aliphatic carbocycles. The zero-order valence-electron chi connectivity index (χ0n) is 45.6. The summed E-state index contributed by atoms with van der Waals surface area (Å²) in [6.45, 7) is 18.0. The third kappa shape index (κ3) is 14.5. The lowest BCUT2D eigenvalue weighted by Gasteiger charge is -2.41. The Bertz CT molecular complexity index is 2340. The van der Waals surface area contributed by atoms with Gasteiger partial charge in [0.2, 0.25) is 6.29 Å².